The van der Waals surface area contributed by atoms with Crippen LogP contribution >= 0.6 is 23.2 Å². The molecule has 6 nitrogen and oxygen atoms in total. The second-order valence-electron chi connectivity index (χ2n) is 8.10. The van der Waals surface area contributed by atoms with Gasteiger partial charge in [-0.1, -0.05) is 54.4 Å². The number of halogens is 2. The van der Waals surface area contributed by atoms with Crippen LogP contribution in [0.15, 0.2) is 42.5 Å². The Morgan fingerprint density at radius 2 is 1.81 bits per heavy atom. The maximum absolute atomic E-state index is 13.1. The van der Waals surface area contributed by atoms with Gasteiger partial charge in [-0.15, -0.1) is 0 Å². The predicted molar refractivity (Wildman–Crippen MR) is 131 cm³/mol. The number of sulfonamides is 1. The van der Waals surface area contributed by atoms with E-state index in [4.69, 9.17) is 23.2 Å². The SMILES string of the molecule is CC[C@@H](C(=O)NCc1cccc(CN2CCCC2)c1)N(c1cc(Cl)ccc1Cl)S(C)(=O)=O. The Labute approximate surface area is 200 Å². The molecular weight excluding hydrogens is 469 g/mol. The van der Waals surface area contributed by atoms with E-state index in [-0.39, 0.29) is 23.0 Å². The van der Waals surface area contributed by atoms with Crippen LogP contribution in [0.2, 0.25) is 10.0 Å². The summed E-state index contributed by atoms with van der Waals surface area (Å²) in [7, 11) is -3.79. The van der Waals surface area contributed by atoms with Crippen LogP contribution in [0.3, 0.4) is 0 Å². The highest BCUT2D eigenvalue weighted by Gasteiger charge is 2.32. The molecule has 0 aromatic heterocycles. The smallest absolute Gasteiger partial charge is 0.244 e. The van der Waals surface area contributed by atoms with Crippen LogP contribution in [0.25, 0.3) is 0 Å². The maximum Gasteiger partial charge on any atom is 0.244 e. The first kappa shape index (κ1) is 24.8. The number of anilines is 1. The molecule has 0 radical (unpaired) electrons. The molecule has 1 saturated heterocycles. The van der Waals surface area contributed by atoms with Crippen LogP contribution in [0.5, 0.6) is 0 Å². The summed E-state index contributed by atoms with van der Waals surface area (Å²) < 4.78 is 26.3. The summed E-state index contributed by atoms with van der Waals surface area (Å²) in [6, 6.07) is 11.7. The van der Waals surface area contributed by atoms with E-state index in [1.165, 1.54) is 30.5 Å². The summed E-state index contributed by atoms with van der Waals surface area (Å²) in [5, 5.41) is 3.44. The van der Waals surface area contributed by atoms with Crippen LogP contribution < -0.4 is 9.62 Å². The summed E-state index contributed by atoms with van der Waals surface area (Å²) >= 11 is 12.3. The second kappa shape index (κ2) is 10.9. The zero-order valence-corrected chi connectivity index (χ0v) is 20.7. The highest BCUT2D eigenvalue weighted by atomic mass is 35.5. The number of rotatable bonds is 9. The molecule has 1 amide bonds. The molecule has 3 rings (SSSR count). The maximum atomic E-state index is 13.1. The van der Waals surface area contributed by atoms with E-state index in [2.05, 4.69) is 22.3 Å². The van der Waals surface area contributed by atoms with E-state index < -0.39 is 16.1 Å². The van der Waals surface area contributed by atoms with Gasteiger partial charge in [-0.25, -0.2) is 8.42 Å². The lowest BCUT2D eigenvalue weighted by Crippen LogP contribution is -2.49. The van der Waals surface area contributed by atoms with Crippen molar-refractivity contribution < 1.29 is 13.2 Å². The van der Waals surface area contributed by atoms with Crippen LogP contribution in [0.4, 0.5) is 5.69 Å². The molecule has 1 atom stereocenters. The van der Waals surface area contributed by atoms with E-state index in [9.17, 15) is 13.2 Å². The van der Waals surface area contributed by atoms with Gasteiger partial charge in [0.25, 0.3) is 0 Å². The first-order valence-electron chi connectivity index (χ1n) is 10.7. The molecule has 0 bridgehead atoms. The van der Waals surface area contributed by atoms with Gasteiger partial charge in [0, 0.05) is 18.1 Å². The lowest BCUT2D eigenvalue weighted by molar-refractivity contribution is -0.122. The van der Waals surface area contributed by atoms with Gasteiger partial charge in [-0.3, -0.25) is 14.0 Å². The number of carbonyl (C=O) groups is 1. The minimum atomic E-state index is -3.79. The third kappa shape index (κ3) is 6.38. The average Bonchev–Trinajstić information content (AvgIpc) is 3.24. The Morgan fingerprint density at radius 1 is 1.12 bits per heavy atom. The average molecular weight is 498 g/mol. The van der Waals surface area contributed by atoms with Gasteiger partial charge in [0.05, 0.1) is 17.0 Å². The monoisotopic (exact) mass is 497 g/mol. The third-order valence-electron chi connectivity index (χ3n) is 5.54. The molecule has 0 aliphatic carbocycles. The molecule has 0 spiro atoms. The molecule has 0 saturated carbocycles. The van der Waals surface area contributed by atoms with Crippen molar-refractivity contribution in [3.8, 4) is 0 Å². The van der Waals surface area contributed by atoms with E-state index in [0.717, 1.165) is 35.8 Å². The second-order valence-corrected chi connectivity index (χ2v) is 10.8. The molecule has 2 aromatic rings. The number of hydrogen-bond acceptors (Lipinski definition) is 4. The van der Waals surface area contributed by atoms with E-state index in [0.29, 0.717) is 11.6 Å². The fraction of sp³-hybridized carbons (Fsp3) is 0.435. The van der Waals surface area contributed by atoms with Gasteiger partial charge < -0.3 is 5.32 Å². The van der Waals surface area contributed by atoms with Gasteiger partial charge >= 0.3 is 0 Å². The van der Waals surface area contributed by atoms with Gasteiger partial charge in [0.2, 0.25) is 15.9 Å². The number of likely N-dealkylation sites (tertiary alicyclic amines) is 1. The van der Waals surface area contributed by atoms with Gasteiger partial charge in [0.15, 0.2) is 0 Å². The van der Waals surface area contributed by atoms with Crippen LogP contribution in [-0.4, -0.2) is 44.6 Å². The van der Waals surface area contributed by atoms with E-state index >= 15 is 0 Å². The minimum absolute atomic E-state index is 0.191. The summed E-state index contributed by atoms with van der Waals surface area (Å²) in [5.41, 5.74) is 2.36. The molecule has 32 heavy (non-hydrogen) atoms. The van der Waals surface area contributed by atoms with Crippen LogP contribution in [-0.2, 0) is 27.9 Å². The Morgan fingerprint density at radius 3 is 2.47 bits per heavy atom. The summed E-state index contributed by atoms with van der Waals surface area (Å²) in [4.78, 5) is 15.5. The van der Waals surface area contributed by atoms with Crippen LogP contribution in [0, 0.1) is 0 Å². The molecule has 1 fully saturated rings. The predicted octanol–water partition coefficient (Wildman–Crippen LogP) is 4.45. The van der Waals surface area contributed by atoms with Crippen molar-refractivity contribution in [1.29, 1.82) is 0 Å². The fourth-order valence-corrected chi connectivity index (χ4v) is 5.67. The van der Waals surface area contributed by atoms with Crippen molar-refractivity contribution >= 4 is 44.8 Å². The number of nitrogens with zero attached hydrogens (tertiary/aromatic N) is 2. The molecule has 1 aliphatic heterocycles. The molecule has 2 aromatic carbocycles. The van der Waals surface area contributed by atoms with Crippen molar-refractivity contribution in [3.05, 3.63) is 63.6 Å². The normalized spacial score (nSPS) is 15.5. The highest BCUT2D eigenvalue weighted by molar-refractivity contribution is 7.92. The zero-order chi connectivity index (χ0) is 23.3. The first-order valence-corrected chi connectivity index (χ1v) is 13.3. The number of carbonyl (C=O) groups excluding carboxylic acids is 1. The Hall–Kier alpha value is -1.80. The van der Waals surface area contributed by atoms with Crippen molar-refractivity contribution in [2.24, 2.45) is 0 Å². The summed E-state index contributed by atoms with van der Waals surface area (Å²) in [6.45, 7) is 5.20. The molecule has 174 valence electrons. The number of nitrogens with one attached hydrogen (secondary N) is 1. The van der Waals surface area contributed by atoms with E-state index in [1.54, 1.807) is 13.0 Å². The number of benzene rings is 2. The van der Waals surface area contributed by atoms with Gasteiger partial charge in [-0.05, 0) is 61.7 Å². The highest BCUT2D eigenvalue weighted by Crippen LogP contribution is 2.33. The summed E-state index contributed by atoms with van der Waals surface area (Å²) in [5.74, 6) is -0.390. The topological polar surface area (TPSA) is 69.7 Å². The first-order chi connectivity index (χ1) is 15.2. The summed E-state index contributed by atoms with van der Waals surface area (Å²) in [6.07, 6.45) is 3.81. The van der Waals surface area contributed by atoms with E-state index in [1.807, 2.05) is 12.1 Å². The molecule has 1 N–H and O–H groups in total. The largest absolute Gasteiger partial charge is 0.350 e. The minimum Gasteiger partial charge on any atom is -0.350 e. The fourth-order valence-electron chi connectivity index (χ4n) is 4.03. The lowest BCUT2D eigenvalue weighted by Gasteiger charge is -2.30. The lowest BCUT2D eigenvalue weighted by atomic mass is 10.1. The van der Waals surface area contributed by atoms with Crippen molar-refractivity contribution in [2.75, 3.05) is 23.7 Å². The molecule has 0 unspecified atom stereocenters. The molecule has 1 aliphatic rings. The van der Waals surface area contributed by atoms with Crippen molar-refractivity contribution in [1.82, 2.24) is 10.2 Å². The van der Waals surface area contributed by atoms with Gasteiger partial charge in [-0.2, -0.15) is 0 Å². The molecule has 1 heterocycles. The van der Waals surface area contributed by atoms with Crippen molar-refractivity contribution in [2.45, 2.75) is 45.3 Å². The van der Waals surface area contributed by atoms with Gasteiger partial charge in [0.1, 0.15) is 6.04 Å². The number of amides is 1. The Kier molecular flexibility index (Phi) is 8.44. The van der Waals surface area contributed by atoms with Crippen molar-refractivity contribution in [3.63, 3.8) is 0 Å². The third-order valence-corrected chi connectivity index (χ3v) is 7.26. The number of hydrogen-bond donors (Lipinski definition) is 1. The Balaban J connectivity index is 1.75. The quantitative estimate of drug-likeness (QED) is 0.555. The zero-order valence-electron chi connectivity index (χ0n) is 18.4. The Bertz CT molecular complexity index is 1060. The molecule has 9 heteroatoms. The van der Waals surface area contributed by atoms with Crippen LogP contribution in [0.1, 0.15) is 37.3 Å². The molecular formula is C23H29Cl2N3O3S. The standard InChI is InChI=1S/C23H29Cl2N3O3S/c1-3-21(28(32(2,30)31)22-14-19(24)9-10-20(22)25)23(29)26-15-17-7-6-8-18(13-17)16-27-11-4-5-12-27/h6-10,13-14,21H,3-5,11-12,15-16H2,1-2H3,(H,26,29)/t21-/m0/s1.